The molecule has 2 aromatic heterocycles. The maximum atomic E-state index is 12.5. The first-order valence-corrected chi connectivity index (χ1v) is 6.76. The van der Waals surface area contributed by atoms with E-state index in [4.69, 9.17) is 16.9 Å². The lowest BCUT2D eigenvalue weighted by molar-refractivity contribution is 0.0741. The number of nitrogens with zero attached hydrogens (tertiary/aromatic N) is 4. The average Bonchev–Trinajstić information content (AvgIpc) is 2.51. The normalized spacial score (nSPS) is 9.90. The van der Waals surface area contributed by atoms with Gasteiger partial charge in [0.2, 0.25) is 0 Å². The van der Waals surface area contributed by atoms with E-state index in [1.54, 1.807) is 41.6 Å². The van der Waals surface area contributed by atoms with Crippen molar-refractivity contribution in [2.24, 2.45) is 0 Å². The first kappa shape index (κ1) is 14.9. The molecule has 0 saturated carbocycles. The summed E-state index contributed by atoms with van der Waals surface area (Å²) < 4.78 is 0. The second kappa shape index (κ2) is 7.36. The van der Waals surface area contributed by atoms with Crippen molar-refractivity contribution in [3.8, 4) is 6.07 Å². The van der Waals surface area contributed by atoms with E-state index in [-0.39, 0.29) is 23.2 Å². The molecule has 2 heterocycles. The van der Waals surface area contributed by atoms with Crippen LogP contribution >= 0.6 is 11.6 Å². The zero-order valence-corrected chi connectivity index (χ0v) is 12.0. The minimum Gasteiger partial charge on any atom is -0.332 e. The van der Waals surface area contributed by atoms with Crippen LogP contribution in [0.15, 0.2) is 42.7 Å². The lowest BCUT2D eigenvalue weighted by Crippen LogP contribution is -2.32. The van der Waals surface area contributed by atoms with Crippen LogP contribution in [0.4, 0.5) is 0 Å². The Hall–Kier alpha value is -2.45. The molecule has 21 heavy (non-hydrogen) atoms. The summed E-state index contributed by atoms with van der Waals surface area (Å²) in [6, 6.07) is 10.6. The molecular weight excluding hydrogens is 288 g/mol. The quantitative estimate of drug-likeness (QED) is 0.796. The number of hydrogen-bond donors (Lipinski definition) is 0. The number of hydrogen-bond acceptors (Lipinski definition) is 4. The number of carbonyl (C=O) groups is 1. The average molecular weight is 301 g/mol. The van der Waals surface area contributed by atoms with Crippen molar-refractivity contribution in [2.45, 2.75) is 13.0 Å². The molecule has 2 rings (SSSR count). The Bertz CT molecular complexity index is 654. The van der Waals surface area contributed by atoms with Gasteiger partial charge in [0.1, 0.15) is 10.8 Å². The highest BCUT2D eigenvalue weighted by atomic mass is 35.5. The van der Waals surface area contributed by atoms with Gasteiger partial charge in [-0.1, -0.05) is 23.7 Å². The van der Waals surface area contributed by atoms with E-state index in [9.17, 15) is 4.79 Å². The summed E-state index contributed by atoms with van der Waals surface area (Å²) in [5.41, 5.74) is 1.16. The molecular formula is C15H13ClN4O. The van der Waals surface area contributed by atoms with E-state index in [1.165, 1.54) is 0 Å². The number of nitriles is 1. The molecule has 0 aromatic carbocycles. The van der Waals surface area contributed by atoms with Crippen LogP contribution in [0.3, 0.4) is 0 Å². The van der Waals surface area contributed by atoms with Gasteiger partial charge in [0.05, 0.1) is 12.5 Å². The Morgan fingerprint density at radius 2 is 2.19 bits per heavy atom. The Labute approximate surface area is 127 Å². The molecule has 0 fully saturated rings. The Morgan fingerprint density at radius 1 is 1.33 bits per heavy atom. The standard InChI is InChI=1S/C15H13ClN4O/c16-14-6-1-5-13(19-14)15(21)20(9-3-7-17)11-12-4-2-8-18-10-12/h1-2,4-6,8,10H,3,9,11H2. The van der Waals surface area contributed by atoms with Gasteiger partial charge in [-0.05, 0) is 23.8 Å². The highest BCUT2D eigenvalue weighted by molar-refractivity contribution is 6.29. The molecule has 0 spiro atoms. The van der Waals surface area contributed by atoms with Crippen molar-refractivity contribution in [3.63, 3.8) is 0 Å². The number of pyridine rings is 2. The van der Waals surface area contributed by atoms with Crippen molar-refractivity contribution in [1.82, 2.24) is 14.9 Å². The Kier molecular flexibility index (Phi) is 5.24. The highest BCUT2D eigenvalue weighted by Gasteiger charge is 2.17. The van der Waals surface area contributed by atoms with E-state index in [0.717, 1.165) is 5.56 Å². The van der Waals surface area contributed by atoms with Crippen LogP contribution in [-0.2, 0) is 6.54 Å². The first-order chi connectivity index (χ1) is 10.2. The predicted molar refractivity (Wildman–Crippen MR) is 78.5 cm³/mol. The predicted octanol–water partition coefficient (Wildman–Crippen LogP) is 2.69. The van der Waals surface area contributed by atoms with Crippen molar-refractivity contribution >= 4 is 17.5 Å². The van der Waals surface area contributed by atoms with E-state index in [1.807, 2.05) is 12.1 Å². The van der Waals surface area contributed by atoms with Crippen molar-refractivity contribution in [2.75, 3.05) is 6.54 Å². The fourth-order valence-corrected chi connectivity index (χ4v) is 2.00. The second-order valence-electron chi connectivity index (χ2n) is 4.34. The summed E-state index contributed by atoms with van der Waals surface area (Å²) >= 11 is 5.81. The summed E-state index contributed by atoms with van der Waals surface area (Å²) in [6.07, 6.45) is 3.62. The first-order valence-electron chi connectivity index (χ1n) is 6.38. The third-order valence-electron chi connectivity index (χ3n) is 2.81. The summed E-state index contributed by atoms with van der Waals surface area (Å²) in [5, 5.41) is 9.01. The molecule has 0 unspecified atom stereocenters. The number of aromatic nitrogens is 2. The minimum atomic E-state index is -0.253. The van der Waals surface area contributed by atoms with Gasteiger partial charge in [0.15, 0.2) is 0 Å². The zero-order valence-electron chi connectivity index (χ0n) is 11.2. The number of rotatable bonds is 5. The van der Waals surface area contributed by atoms with Gasteiger partial charge in [-0.25, -0.2) is 4.98 Å². The fraction of sp³-hybridized carbons (Fsp3) is 0.200. The second-order valence-corrected chi connectivity index (χ2v) is 4.73. The highest BCUT2D eigenvalue weighted by Crippen LogP contribution is 2.11. The number of amides is 1. The molecule has 0 aliphatic heterocycles. The summed E-state index contributed by atoms with van der Waals surface area (Å²) in [4.78, 5) is 22.1. The van der Waals surface area contributed by atoms with Crippen LogP contribution in [0.25, 0.3) is 0 Å². The van der Waals surface area contributed by atoms with E-state index in [0.29, 0.717) is 13.1 Å². The maximum absolute atomic E-state index is 12.5. The third-order valence-corrected chi connectivity index (χ3v) is 3.02. The summed E-state index contributed by atoms with van der Waals surface area (Å²) in [5.74, 6) is -0.253. The zero-order chi connectivity index (χ0) is 15.1. The van der Waals surface area contributed by atoms with Gasteiger partial charge in [0.25, 0.3) is 5.91 Å². The monoisotopic (exact) mass is 300 g/mol. The van der Waals surface area contributed by atoms with Crippen LogP contribution < -0.4 is 0 Å². The Balaban J connectivity index is 2.19. The van der Waals surface area contributed by atoms with Crippen LogP contribution in [0.2, 0.25) is 5.15 Å². The molecule has 2 aromatic rings. The third kappa shape index (κ3) is 4.26. The van der Waals surface area contributed by atoms with Crippen molar-refractivity contribution in [1.29, 1.82) is 5.26 Å². The SMILES string of the molecule is N#CCCN(Cc1cccnc1)C(=O)c1cccc(Cl)n1. The van der Waals surface area contributed by atoms with Gasteiger partial charge in [0, 0.05) is 25.5 Å². The fourth-order valence-electron chi connectivity index (χ4n) is 1.84. The van der Waals surface area contributed by atoms with Crippen molar-refractivity contribution in [3.05, 3.63) is 59.1 Å². The molecule has 0 bridgehead atoms. The summed E-state index contributed by atoms with van der Waals surface area (Å²) in [6.45, 7) is 0.709. The molecule has 6 heteroatoms. The minimum absolute atomic E-state index is 0.253. The summed E-state index contributed by atoms with van der Waals surface area (Å²) in [7, 11) is 0. The molecule has 0 atom stereocenters. The lowest BCUT2D eigenvalue weighted by Gasteiger charge is -2.21. The van der Waals surface area contributed by atoms with Gasteiger partial charge in [-0.2, -0.15) is 5.26 Å². The number of halogens is 1. The van der Waals surface area contributed by atoms with Gasteiger partial charge in [-0.15, -0.1) is 0 Å². The smallest absolute Gasteiger partial charge is 0.272 e. The lowest BCUT2D eigenvalue weighted by atomic mass is 10.2. The van der Waals surface area contributed by atoms with Gasteiger partial charge in [-0.3, -0.25) is 9.78 Å². The molecule has 0 N–H and O–H groups in total. The van der Waals surface area contributed by atoms with Gasteiger partial charge < -0.3 is 4.90 Å². The maximum Gasteiger partial charge on any atom is 0.272 e. The number of carbonyl (C=O) groups excluding carboxylic acids is 1. The molecule has 106 valence electrons. The van der Waals surface area contributed by atoms with Crippen LogP contribution in [0.5, 0.6) is 0 Å². The topological polar surface area (TPSA) is 69.9 Å². The molecule has 0 aliphatic carbocycles. The molecule has 0 saturated heterocycles. The molecule has 0 radical (unpaired) electrons. The van der Waals surface area contributed by atoms with E-state index < -0.39 is 0 Å². The largest absolute Gasteiger partial charge is 0.332 e. The molecule has 1 amide bonds. The van der Waals surface area contributed by atoms with Gasteiger partial charge >= 0.3 is 0 Å². The van der Waals surface area contributed by atoms with Crippen LogP contribution in [0, 0.1) is 11.3 Å². The Morgan fingerprint density at radius 3 is 2.86 bits per heavy atom. The van der Waals surface area contributed by atoms with Crippen LogP contribution in [-0.4, -0.2) is 27.3 Å². The van der Waals surface area contributed by atoms with Crippen molar-refractivity contribution < 1.29 is 4.79 Å². The van der Waals surface area contributed by atoms with Crippen LogP contribution in [0.1, 0.15) is 22.5 Å². The molecule has 5 nitrogen and oxygen atoms in total. The molecule has 0 aliphatic rings. The van der Waals surface area contributed by atoms with E-state index >= 15 is 0 Å². The van der Waals surface area contributed by atoms with E-state index in [2.05, 4.69) is 9.97 Å².